The highest BCUT2D eigenvalue weighted by molar-refractivity contribution is 8.03. The van der Waals surface area contributed by atoms with Crippen molar-refractivity contribution in [1.29, 1.82) is 0 Å². The molecule has 0 atom stereocenters. The Kier molecular flexibility index (Phi) is 4.15. The van der Waals surface area contributed by atoms with Gasteiger partial charge in [0, 0.05) is 21.2 Å². The number of carbonyl (C=O) groups excluding carboxylic acids is 1. The Bertz CT molecular complexity index is 766. The zero-order chi connectivity index (χ0) is 15.9. The number of para-hydroxylation sites is 1. The lowest BCUT2D eigenvalue weighted by molar-refractivity contribution is -0.112. The van der Waals surface area contributed by atoms with Crippen molar-refractivity contribution in [2.24, 2.45) is 0 Å². The first-order valence-electron chi connectivity index (χ1n) is 7.28. The normalized spacial score (nSPS) is 13.5. The topological polar surface area (TPSA) is 29.1 Å². The lowest BCUT2D eigenvalue weighted by Gasteiger charge is -2.16. The van der Waals surface area contributed by atoms with E-state index < -0.39 is 0 Å². The molecule has 114 valence electrons. The summed E-state index contributed by atoms with van der Waals surface area (Å²) in [7, 11) is 0. The van der Waals surface area contributed by atoms with Crippen LogP contribution >= 0.6 is 23.1 Å². The summed E-state index contributed by atoms with van der Waals surface area (Å²) in [6, 6.07) is 6.06. The number of benzene rings is 1. The second-order valence-electron chi connectivity index (χ2n) is 5.64. The van der Waals surface area contributed by atoms with Gasteiger partial charge in [-0.2, -0.15) is 0 Å². The minimum Gasteiger partial charge on any atom is -0.321 e. The first-order valence-corrected chi connectivity index (χ1v) is 9.08. The second kappa shape index (κ2) is 5.94. The highest BCUT2D eigenvalue weighted by atomic mass is 32.2. The van der Waals surface area contributed by atoms with Gasteiger partial charge in [0.25, 0.3) is 5.91 Å². The average molecular weight is 329 g/mol. The van der Waals surface area contributed by atoms with E-state index in [0.29, 0.717) is 0 Å². The van der Waals surface area contributed by atoms with Crippen LogP contribution in [-0.4, -0.2) is 5.91 Å². The van der Waals surface area contributed by atoms with Crippen LogP contribution in [0.2, 0.25) is 0 Å². The molecule has 2 aromatic rings. The maximum absolute atomic E-state index is 12.6. The molecular weight excluding hydrogens is 310 g/mol. The van der Waals surface area contributed by atoms with Crippen LogP contribution in [0.4, 0.5) is 5.69 Å². The van der Waals surface area contributed by atoms with Crippen molar-refractivity contribution in [3.05, 3.63) is 55.1 Å². The Labute approximate surface area is 139 Å². The van der Waals surface area contributed by atoms with Crippen molar-refractivity contribution in [2.75, 3.05) is 5.32 Å². The quantitative estimate of drug-likeness (QED) is 0.819. The van der Waals surface area contributed by atoms with Gasteiger partial charge < -0.3 is 5.32 Å². The number of amides is 1. The van der Waals surface area contributed by atoms with Crippen molar-refractivity contribution in [2.45, 2.75) is 33.4 Å². The van der Waals surface area contributed by atoms with Gasteiger partial charge in [-0.05, 0) is 56.0 Å². The van der Waals surface area contributed by atoms with Crippen LogP contribution in [0.15, 0.2) is 23.1 Å². The third-order valence-electron chi connectivity index (χ3n) is 4.12. The predicted molar refractivity (Wildman–Crippen MR) is 97.6 cm³/mol. The van der Waals surface area contributed by atoms with Gasteiger partial charge in [-0.3, -0.25) is 4.79 Å². The van der Waals surface area contributed by atoms with E-state index in [1.807, 2.05) is 38.1 Å². The molecule has 3 rings (SSSR count). The molecule has 2 heterocycles. The standard InChI is InChI=1S/C18H19NOS2/c1-10-6-5-7-11(2)17(10)19-18(20)16-8-15-14(9-21-16)12(3)13(4)22-15/h5-8H,9H2,1-4H3,(H,19,20). The monoisotopic (exact) mass is 329 g/mol. The largest absolute Gasteiger partial charge is 0.321 e. The number of hydrogen-bond acceptors (Lipinski definition) is 3. The number of fused-ring (bicyclic) bond motifs is 1. The van der Waals surface area contributed by atoms with E-state index >= 15 is 0 Å². The fraction of sp³-hybridized carbons (Fsp3) is 0.278. The molecule has 1 aliphatic rings. The van der Waals surface area contributed by atoms with Crippen molar-refractivity contribution in [1.82, 2.24) is 0 Å². The summed E-state index contributed by atoms with van der Waals surface area (Å²) in [5, 5.41) is 3.08. The summed E-state index contributed by atoms with van der Waals surface area (Å²) in [6.07, 6.45) is 2.04. The lowest BCUT2D eigenvalue weighted by Crippen LogP contribution is -2.15. The maximum atomic E-state index is 12.6. The second-order valence-corrected chi connectivity index (χ2v) is 7.92. The Hall–Kier alpha value is -1.52. The van der Waals surface area contributed by atoms with Crippen molar-refractivity contribution in [3.63, 3.8) is 0 Å². The molecule has 1 aromatic heterocycles. The predicted octanol–water partition coefficient (Wildman–Crippen LogP) is 5.21. The van der Waals surface area contributed by atoms with Gasteiger partial charge in [0.15, 0.2) is 0 Å². The molecule has 1 aliphatic heterocycles. The van der Waals surface area contributed by atoms with E-state index in [9.17, 15) is 4.79 Å². The van der Waals surface area contributed by atoms with Gasteiger partial charge in [-0.15, -0.1) is 23.1 Å². The van der Waals surface area contributed by atoms with Crippen molar-refractivity contribution in [3.8, 4) is 0 Å². The molecule has 1 amide bonds. The lowest BCUT2D eigenvalue weighted by atomic mass is 10.1. The summed E-state index contributed by atoms with van der Waals surface area (Å²) in [5.41, 5.74) is 5.88. The number of aryl methyl sites for hydroxylation is 3. The van der Waals surface area contributed by atoms with Crippen LogP contribution in [-0.2, 0) is 10.5 Å². The average Bonchev–Trinajstić information content (AvgIpc) is 2.77. The van der Waals surface area contributed by atoms with Gasteiger partial charge >= 0.3 is 0 Å². The molecule has 0 saturated carbocycles. The number of thiophene rings is 1. The Balaban J connectivity index is 1.87. The van der Waals surface area contributed by atoms with Crippen LogP contribution < -0.4 is 5.32 Å². The van der Waals surface area contributed by atoms with Crippen molar-refractivity contribution >= 4 is 40.8 Å². The van der Waals surface area contributed by atoms with E-state index in [-0.39, 0.29) is 5.91 Å². The highest BCUT2D eigenvalue weighted by Gasteiger charge is 2.21. The fourth-order valence-corrected chi connectivity index (χ4v) is 4.98. The van der Waals surface area contributed by atoms with E-state index in [1.54, 1.807) is 23.1 Å². The molecular formula is C18H19NOS2. The maximum Gasteiger partial charge on any atom is 0.262 e. The van der Waals surface area contributed by atoms with Crippen LogP contribution in [0.1, 0.15) is 32.0 Å². The smallest absolute Gasteiger partial charge is 0.262 e. The Morgan fingerprint density at radius 2 is 1.82 bits per heavy atom. The van der Waals surface area contributed by atoms with E-state index in [2.05, 4.69) is 19.2 Å². The first kappa shape index (κ1) is 15.4. The third kappa shape index (κ3) is 2.73. The molecule has 0 fully saturated rings. The zero-order valence-corrected chi connectivity index (χ0v) is 14.9. The number of rotatable bonds is 2. The minimum absolute atomic E-state index is 0.00300. The van der Waals surface area contributed by atoms with E-state index in [4.69, 9.17) is 0 Å². The number of nitrogens with one attached hydrogen (secondary N) is 1. The molecule has 2 nitrogen and oxygen atoms in total. The molecule has 0 bridgehead atoms. The van der Waals surface area contributed by atoms with Gasteiger partial charge in [-0.1, -0.05) is 18.2 Å². The number of carbonyl (C=O) groups is 1. The number of thioether (sulfide) groups is 1. The van der Waals surface area contributed by atoms with Crippen LogP contribution in [0.25, 0.3) is 6.08 Å². The number of hydrogen-bond donors (Lipinski definition) is 1. The highest BCUT2D eigenvalue weighted by Crippen LogP contribution is 2.39. The van der Waals surface area contributed by atoms with Gasteiger partial charge in [0.1, 0.15) is 0 Å². The molecule has 0 spiro atoms. The molecule has 0 unspecified atom stereocenters. The van der Waals surface area contributed by atoms with Gasteiger partial charge in [0.2, 0.25) is 0 Å². The SMILES string of the molecule is Cc1cccc(C)c1NC(=O)C1=Cc2sc(C)c(C)c2CS1. The van der Waals surface area contributed by atoms with Gasteiger partial charge in [-0.25, -0.2) is 0 Å². The molecule has 1 N–H and O–H groups in total. The molecule has 0 radical (unpaired) electrons. The summed E-state index contributed by atoms with van der Waals surface area (Å²) in [4.78, 5) is 16.0. The fourth-order valence-electron chi connectivity index (χ4n) is 2.62. The summed E-state index contributed by atoms with van der Waals surface area (Å²) >= 11 is 3.41. The summed E-state index contributed by atoms with van der Waals surface area (Å²) in [5.74, 6) is 0.883. The van der Waals surface area contributed by atoms with Gasteiger partial charge in [0.05, 0.1) is 4.91 Å². The third-order valence-corrected chi connectivity index (χ3v) is 6.36. The molecule has 0 aliphatic carbocycles. The van der Waals surface area contributed by atoms with Crippen molar-refractivity contribution < 1.29 is 4.79 Å². The van der Waals surface area contributed by atoms with E-state index in [1.165, 1.54) is 20.9 Å². The van der Waals surface area contributed by atoms with Crippen LogP contribution in [0, 0.1) is 27.7 Å². The molecule has 22 heavy (non-hydrogen) atoms. The Morgan fingerprint density at radius 1 is 1.14 bits per heavy atom. The first-order chi connectivity index (χ1) is 10.5. The van der Waals surface area contributed by atoms with E-state index in [0.717, 1.165) is 27.5 Å². The summed E-state index contributed by atoms with van der Waals surface area (Å²) in [6.45, 7) is 8.36. The van der Waals surface area contributed by atoms with Crippen LogP contribution in [0.3, 0.4) is 0 Å². The minimum atomic E-state index is -0.00300. The van der Waals surface area contributed by atoms with Crippen LogP contribution in [0.5, 0.6) is 0 Å². The zero-order valence-electron chi connectivity index (χ0n) is 13.2. The molecule has 0 saturated heterocycles. The summed E-state index contributed by atoms with van der Waals surface area (Å²) < 4.78 is 0. The molecule has 1 aromatic carbocycles. The Morgan fingerprint density at radius 3 is 2.50 bits per heavy atom. The molecule has 4 heteroatoms. The number of anilines is 1.